The summed E-state index contributed by atoms with van der Waals surface area (Å²) >= 11 is 13.5. The Morgan fingerprint density at radius 2 is 1.84 bits per heavy atom. The van der Waals surface area contributed by atoms with Crippen LogP contribution in [-0.2, 0) is 11.3 Å². The normalized spacial score (nSPS) is 10.8. The van der Waals surface area contributed by atoms with Gasteiger partial charge in [0.1, 0.15) is 0 Å². The van der Waals surface area contributed by atoms with E-state index in [0.717, 1.165) is 11.1 Å². The summed E-state index contributed by atoms with van der Waals surface area (Å²) in [5.41, 5.74) is 2.43. The predicted octanol–water partition coefficient (Wildman–Crippen LogP) is 5.43. The number of rotatable bonds is 7. The fraction of sp³-hybridized carbons (Fsp3) is 0.0909. The number of carbonyl (C=O) groups excluding carboxylic acids is 1. The molecule has 0 aliphatic carbocycles. The van der Waals surface area contributed by atoms with Crippen LogP contribution in [0.5, 0.6) is 0 Å². The molecule has 0 spiro atoms. The molecule has 6 nitrogen and oxygen atoms in total. The van der Waals surface area contributed by atoms with Gasteiger partial charge in [0.25, 0.3) is 0 Å². The van der Waals surface area contributed by atoms with E-state index < -0.39 is 0 Å². The second-order valence-electron chi connectivity index (χ2n) is 6.56. The summed E-state index contributed by atoms with van der Waals surface area (Å²) in [4.78, 5) is 16.7. The van der Waals surface area contributed by atoms with Gasteiger partial charge in [-0.3, -0.25) is 14.3 Å². The Morgan fingerprint density at radius 1 is 1.00 bits per heavy atom. The van der Waals surface area contributed by atoms with Crippen LogP contribution in [-0.4, -0.2) is 31.4 Å². The Hall–Kier alpha value is -2.87. The van der Waals surface area contributed by atoms with Gasteiger partial charge in [-0.05, 0) is 29.8 Å². The highest BCUT2D eigenvalue weighted by atomic mass is 35.5. The zero-order valence-corrected chi connectivity index (χ0v) is 18.5. The first-order chi connectivity index (χ1) is 15.1. The van der Waals surface area contributed by atoms with Crippen molar-refractivity contribution in [2.45, 2.75) is 11.7 Å². The lowest BCUT2D eigenvalue weighted by Crippen LogP contribution is -2.15. The number of nitrogens with zero attached hydrogens (tertiary/aromatic N) is 4. The number of anilines is 1. The van der Waals surface area contributed by atoms with Crippen LogP contribution in [0.3, 0.4) is 0 Å². The van der Waals surface area contributed by atoms with Gasteiger partial charge in [0, 0.05) is 18.0 Å². The van der Waals surface area contributed by atoms with Gasteiger partial charge in [-0.25, -0.2) is 0 Å². The second-order valence-corrected chi connectivity index (χ2v) is 8.29. The van der Waals surface area contributed by atoms with Gasteiger partial charge in [-0.2, -0.15) is 0 Å². The van der Waals surface area contributed by atoms with Gasteiger partial charge in [-0.15, -0.1) is 10.2 Å². The van der Waals surface area contributed by atoms with Crippen LogP contribution >= 0.6 is 35.0 Å². The van der Waals surface area contributed by atoms with Crippen LogP contribution in [0.15, 0.2) is 78.2 Å². The van der Waals surface area contributed by atoms with Gasteiger partial charge in [-0.1, -0.05) is 71.4 Å². The minimum absolute atomic E-state index is 0.142. The standard InChI is InChI=1S/C22H17Cl2N5OS/c23-17-9-4-10-18(20(17)24)26-19(30)14-31-22-28-27-21(16-8-5-11-25-12-16)29(22)13-15-6-2-1-3-7-15/h1-12H,13-14H2,(H,26,30). The van der Waals surface area contributed by atoms with Gasteiger partial charge in [0.2, 0.25) is 5.91 Å². The summed E-state index contributed by atoms with van der Waals surface area (Å²) in [5, 5.41) is 12.8. The van der Waals surface area contributed by atoms with Gasteiger partial charge in [0.15, 0.2) is 11.0 Å². The average Bonchev–Trinajstić information content (AvgIpc) is 3.19. The fourth-order valence-corrected chi connectivity index (χ4v) is 4.01. The van der Waals surface area contributed by atoms with Crippen LogP contribution in [0.4, 0.5) is 5.69 Å². The number of hydrogen-bond acceptors (Lipinski definition) is 5. The molecule has 0 saturated heterocycles. The maximum absolute atomic E-state index is 12.5. The number of hydrogen-bond donors (Lipinski definition) is 1. The summed E-state index contributed by atoms with van der Waals surface area (Å²) in [6, 6.07) is 18.9. The molecule has 2 heterocycles. The number of aromatic nitrogens is 4. The minimum atomic E-state index is -0.216. The maximum Gasteiger partial charge on any atom is 0.234 e. The first-order valence-electron chi connectivity index (χ1n) is 9.36. The maximum atomic E-state index is 12.5. The Morgan fingerprint density at radius 3 is 2.61 bits per heavy atom. The summed E-state index contributed by atoms with van der Waals surface area (Å²) in [7, 11) is 0. The van der Waals surface area contributed by atoms with Crippen molar-refractivity contribution in [3.63, 3.8) is 0 Å². The van der Waals surface area contributed by atoms with Crippen LogP contribution in [0, 0.1) is 0 Å². The molecular weight excluding hydrogens is 453 g/mol. The van der Waals surface area contributed by atoms with E-state index in [1.807, 2.05) is 47.0 Å². The molecule has 1 amide bonds. The number of amides is 1. The third-order valence-electron chi connectivity index (χ3n) is 4.38. The summed E-state index contributed by atoms with van der Waals surface area (Å²) < 4.78 is 1.98. The molecule has 31 heavy (non-hydrogen) atoms. The van der Waals surface area contributed by atoms with Gasteiger partial charge < -0.3 is 5.32 Å². The van der Waals surface area contributed by atoms with Crippen molar-refractivity contribution in [1.82, 2.24) is 19.7 Å². The van der Waals surface area contributed by atoms with Crippen LogP contribution in [0.2, 0.25) is 10.0 Å². The van der Waals surface area contributed by atoms with E-state index in [0.29, 0.717) is 33.3 Å². The van der Waals surface area contributed by atoms with Gasteiger partial charge in [0.05, 0.1) is 28.0 Å². The van der Waals surface area contributed by atoms with E-state index >= 15 is 0 Å². The quantitative estimate of drug-likeness (QED) is 0.365. The SMILES string of the molecule is O=C(CSc1nnc(-c2cccnc2)n1Cc1ccccc1)Nc1cccc(Cl)c1Cl. The number of nitrogens with one attached hydrogen (secondary N) is 1. The third kappa shape index (κ3) is 5.25. The van der Waals surface area contributed by atoms with Gasteiger partial charge >= 0.3 is 0 Å². The van der Waals surface area contributed by atoms with E-state index in [4.69, 9.17) is 23.2 Å². The van der Waals surface area contributed by atoms with Crippen molar-refractivity contribution in [3.05, 3.63) is 88.7 Å². The molecule has 4 aromatic rings. The van der Waals surface area contributed by atoms with E-state index in [1.54, 1.807) is 30.6 Å². The molecule has 0 unspecified atom stereocenters. The molecule has 1 N–H and O–H groups in total. The molecule has 0 saturated carbocycles. The zero-order chi connectivity index (χ0) is 21.6. The smallest absolute Gasteiger partial charge is 0.234 e. The molecule has 0 aliphatic rings. The molecule has 0 fully saturated rings. The van der Waals surface area contributed by atoms with Crippen LogP contribution < -0.4 is 5.32 Å². The summed E-state index contributed by atoms with van der Waals surface area (Å²) in [6.07, 6.45) is 3.45. The number of thioether (sulfide) groups is 1. The fourth-order valence-electron chi connectivity index (χ4n) is 2.93. The highest BCUT2D eigenvalue weighted by Crippen LogP contribution is 2.30. The van der Waals surface area contributed by atoms with Crippen LogP contribution in [0.25, 0.3) is 11.4 Å². The van der Waals surface area contributed by atoms with E-state index in [9.17, 15) is 4.79 Å². The first-order valence-corrected chi connectivity index (χ1v) is 11.1. The Labute approximate surface area is 193 Å². The lowest BCUT2D eigenvalue weighted by Gasteiger charge is -2.11. The molecule has 0 atom stereocenters. The van der Waals surface area contributed by atoms with Crippen molar-refractivity contribution in [2.24, 2.45) is 0 Å². The Bertz CT molecular complexity index is 1190. The van der Waals surface area contributed by atoms with Crippen molar-refractivity contribution in [1.29, 1.82) is 0 Å². The highest BCUT2D eigenvalue weighted by Gasteiger charge is 2.17. The predicted molar refractivity (Wildman–Crippen MR) is 125 cm³/mol. The molecule has 2 aromatic heterocycles. The molecule has 0 bridgehead atoms. The second kappa shape index (κ2) is 9.96. The average molecular weight is 470 g/mol. The molecule has 156 valence electrons. The Balaban J connectivity index is 1.54. The van der Waals surface area contributed by atoms with Crippen LogP contribution in [0.1, 0.15) is 5.56 Å². The van der Waals surface area contributed by atoms with Crippen molar-refractivity contribution in [2.75, 3.05) is 11.1 Å². The van der Waals surface area contributed by atoms with Crippen molar-refractivity contribution >= 4 is 46.6 Å². The largest absolute Gasteiger partial charge is 0.324 e. The zero-order valence-electron chi connectivity index (χ0n) is 16.2. The first kappa shape index (κ1) is 21.4. The lowest BCUT2D eigenvalue weighted by molar-refractivity contribution is -0.113. The van der Waals surface area contributed by atoms with E-state index in [-0.39, 0.29) is 11.7 Å². The topological polar surface area (TPSA) is 72.7 Å². The van der Waals surface area contributed by atoms with E-state index in [1.165, 1.54) is 11.8 Å². The summed E-state index contributed by atoms with van der Waals surface area (Å²) in [5.74, 6) is 0.618. The third-order valence-corrected chi connectivity index (χ3v) is 6.16. The lowest BCUT2D eigenvalue weighted by atomic mass is 10.2. The Kier molecular flexibility index (Phi) is 6.86. The number of benzene rings is 2. The minimum Gasteiger partial charge on any atom is -0.324 e. The summed E-state index contributed by atoms with van der Waals surface area (Å²) in [6.45, 7) is 0.572. The molecule has 2 aromatic carbocycles. The van der Waals surface area contributed by atoms with Crippen molar-refractivity contribution < 1.29 is 4.79 Å². The molecule has 4 rings (SSSR count). The molecule has 0 aliphatic heterocycles. The molecule has 9 heteroatoms. The number of pyridine rings is 1. The molecule has 0 radical (unpaired) electrons. The highest BCUT2D eigenvalue weighted by molar-refractivity contribution is 7.99. The number of halogens is 2. The molecular formula is C22H17Cl2N5OS. The van der Waals surface area contributed by atoms with Crippen molar-refractivity contribution in [3.8, 4) is 11.4 Å². The van der Waals surface area contributed by atoms with E-state index in [2.05, 4.69) is 20.5 Å². The monoisotopic (exact) mass is 469 g/mol. The number of carbonyl (C=O) groups is 1.